The van der Waals surface area contributed by atoms with Gasteiger partial charge in [0.1, 0.15) is 0 Å². The van der Waals surface area contributed by atoms with E-state index >= 15 is 0 Å². The molecule has 0 bridgehead atoms. The Morgan fingerprint density at radius 2 is 1.90 bits per heavy atom. The molecule has 1 unspecified atom stereocenters. The first-order chi connectivity index (χ1) is 19.9. The molecule has 1 N–H and O–H groups in total. The summed E-state index contributed by atoms with van der Waals surface area (Å²) in [6, 6.07) is 17.0. The summed E-state index contributed by atoms with van der Waals surface area (Å²) in [4.78, 5) is 26.5. The van der Waals surface area contributed by atoms with Crippen molar-refractivity contribution in [2.45, 2.75) is 12.5 Å². The number of amides is 2. The normalized spacial score (nSPS) is 16.7. The van der Waals surface area contributed by atoms with Crippen molar-refractivity contribution in [3.8, 4) is 6.07 Å². The molecule has 0 spiro atoms. The Hall–Kier alpha value is -3.97. The standard InChI is InChI=1S/C31H27BrClN7O/c1-38-19-35-18-26(38)14-21-12-22-13-23(32)17-36-29(22)30(27-7-4-24(33)15-28(21)27)39-8-10-40(11-9-39)31(41)37-25-5-2-20(16-34)3-6-25/h2-7,12-13,15,17-19,30H,8-11,14H2,1H3,(H,37,41). The molecule has 0 radical (unpaired) electrons. The minimum absolute atomic E-state index is 0.102. The lowest BCUT2D eigenvalue weighted by molar-refractivity contribution is 0.125. The predicted octanol–water partition coefficient (Wildman–Crippen LogP) is 6.14. The average molecular weight is 629 g/mol. The smallest absolute Gasteiger partial charge is 0.321 e. The molecule has 3 heterocycles. The number of aryl methyl sites for hydroxylation is 1. The lowest BCUT2D eigenvalue weighted by Crippen LogP contribution is -2.51. The number of rotatable bonds is 4. The van der Waals surface area contributed by atoms with Crippen LogP contribution in [0.4, 0.5) is 10.5 Å². The zero-order valence-corrected chi connectivity index (χ0v) is 24.7. The van der Waals surface area contributed by atoms with Crippen molar-refractivity contribution in [3.05, 3.63) is 110 Å². The third-order valence-electron chi connectivity index (χ3n) is 7.68. The molecule has 2 aromatic carbocycles. The van der Waals surface area contributed by atoms with Crippen LogP contribution in [0.1, 0.15) is 39.7 Å². The molecule has 1 aliphatic carbocycles. The summed E-state index contributed by atoms with van der Waals surface area (Å²) in [5.41, 5.74) is 7.75. The maximum atomic E-state index is 13.0. The van der Waals surface area contributed by atoms with Gasteiger partial charge in [0.2, 0.25) is 0 Å². The Morgan fingerprint density at radius 3 is 2.61 bits per heavy atom. The van der Waals surface area contributed by atoms with Crippen LogP contribution >= 0.6 is 27.5 Å². The molecule has 10 heteroatoms. The van der Waals surface area contributed by atoms with E-state index < -0.39 is 0 Å². The summed E-state index contributed by atoms with van der Waals surface area (Å²) in [6.07, 6.45) is 8.48. The summed E-state index contributed by atoms with van der Waals surface area (Å²) in [5, 5.41) is 12.7. The van der Waals surface area contributed by atoms with Crippen LogP contribution in [0.25, 0.3) is 11.6 Å². The van der Waals surface area contributed by atoms with Gasteiger partial charge in [0.25, 0.3) is 0 Å². The average Bonchev–Trinajstić information content (AvgIpc) is 3.33. The SMILES string of the molecule is Cn1cncc1CC1=Cc2cc(Br)cnc2C(N2CCN(C(=O)Nc3ccc(C#N)cc3)CC2)c2ccc(Cl)cc21. The second-order valence-electron chi connectivity index (χ2n) is 10.2. The Bertz CT molecular complexity index is 1680. The fraction of sp³-hybridized carbons (Fsp3) is 0.226. The number of aromatic nitrogens is 3. The molecule has 2 aromatic heterocycles. The van der Waals surface area contributed by atoms with Crippen molar-refractivity contribution in [1.82, 2.24) is 24.3 Å². The van der Waals surface area contributed by atoms with Crippen LogP contribution in [0.3, 0.4) is 0 Å². The van der Waals surface area contributed by atoms with Crippen molar-refractivity contribution < 1.29 is 4.79 Å². The number of carbonyl (C=O) groups is 1. The predicted molar refractivity (Wildman–Crippen MR) is 163 cm³/mol. The van der Waals surface area contributed by atoms with E-state index in [9.17, 15) is 4.79 Å². The van der Waals surface area contributed by atoms with E-state index in [1.165, 1.54) is 0 Å². The number of benzene rings is 2. The van der Waals surface area contributed by atoms with E-state index in [1.54, 1.807) is 24.3 Å². The second-order valence-corrected chi connectivity index (χ2v) is 11.6. The lowest BCUT2D eigenvalue weighted by atomic mass is 9.92. The highest BCUT2D eigenvalue weighted by atomic mass is 79.9. The van der Waals surface area contributed by atoms with Crippen molar-refractivity contribution >= 4 is 50.9 Å². The van der Waals surface area contributed by atoms with Gasteiger partial charge in [-0.1, -0.05) is 17.7 Å². The molecule has 1 atom stereocenters. The van der Waals surface area contributed by atoms with E-state index in [4.69, 9.17) is 21.8 Å². The van der Waals surface area contributed by atoms with Gasteiger partial charge in [-0.3, -0.25) is 9.88 Å². The number of urea groups is 1. The van der Waals surface area contributed by atoms with Crippen LogP contribution in [-0.2, 0) is 13.5 Å². The summed E-state index contributed by atoms with van der Waals surface area (Å²) >= 11 is 10.2. The van der Waals surface area contributed by atoms with Crippen LogP contribution < -0.4 is 5.32 Å². The van der Waals surface area contributed by atoms with Gasteiger partial charge in [-0.2, -0.15) is 5.26 Å². The Kier molecular flexibility index (Phi) is 7.63. The first-order valence-electron chi connectivity index (χ1n) is 13.3. The van der Waals surface area contributed by atoms with Gasteiger partial charge in [0.05, 0.1) is 29.7 Å². The number of hydrogen-bond donors (Lipinski definition) is 1. The van der Waals surface area contributed by atoms with E-state index in [1.807, 2.05) is 47.4 Å². The Labute approximate surface area is 252 Å². The highest BCUT2D eigenvalue weighted by Crippen LogP contribution is 2.42. The number of nitrogens with one attached hydrogen (secondary N) is 1. The molecule has 1 fully saturated rings. The van der Waals surface area contributed by atoms with Crippen LogP contribution in [-0.4, -0.2) is 56.5 Å². The second kappa shape index (κ2) is 11.5. The monoisotopic (exact) mass is 627 g/mol. The van der Waals surface area contributed by atoms with Crippen LogP contribution in [0.15, 0.2) is 71.7 Å². The van der Waals surface area contributed by atoms with Crippen LogP contribution in [0, 0.1) is 11.3 Å². The molecule has 2 amide bonds. The van der Waals surface area contributed by atoms with Gasteiger partial charge in [-0.05, 0) is 86.7 Å². The van der Waals surface area contributed by atoms with Crippen molar-refractivity contribution in [3.63, 3.8) is 0 Å². The van der Waals surface area contributed by atoms with Gasteiger partial charge >= 0.3 is 6.03 Å². The summed E-state index contributed by atoms with van der Waals surface area (Å²) in [7, 11) is 2.00. The van der Waals surface area contributed by atoms with Gasteiger partial charge in [0.15, 0.2) is 0 Å². The van der Waals surface area contributed by atoms with Crippen molar-refractivity contribution in [1.29, 1.82) is 5.26 Å². The molecule has 206 valence electrons. The third-order valence-corrected chi connectivity index (χ3v) is 8.35. The highest BCUT2D eigenvalue weighted by molar-refractivity contribution is 9.10. The Balaban J connectivity index is 1.29. The number of carbonyl (C=O) groups excluding carboxylic acids is 1. The largest absolute Gasteiger partial charge is 0.337 e. The molecule has 1 saturated heterocycles. The quantitative estimate of drug-likeness (QED) is 0.293. The van der Waals surface area contributed by atoms with Gasteiger partial charge in [0, 0.05) is 72.9 Å². The minimum atomic E-state index is -0.148. The number of hydrogen-bond acceptors (Lipinski definition) is 5. The van der Waals surface area contributed by atoms with Crippen molar-refractivity contribution in [2.75, 3.05) is 31.5 Å². The molecule has 8 nitrogen and oxygen atoms in total. The Morgan fingerprint density at radius 1 is 1.12 bits per heavy atom. The zero-order chi connectivity index (χ0) is 28.5. The number of fused-ring (bicyclic) bond motifs is 2. The number of nitrogens with zero attached hydrogens (tertiary/aromatic N) is 6. The zero-order valence-electron chi connectivity index (χ0n) is 22.4. The van der Waals surface area contributed by atoms with Crippen LogP contribution in [0.2, 0.25) is 5.02 Å². The molecule has 2 aliphatic rings. The lowest BCUT2D eigenvalue weighted by Gasteiger charge is -2.39. The highest BCUT2D eigenvalue weighted by Gasteiger charge is 2.34. The van der Waals surface area contributed by atoms with Gasteiger partial charge in [-0.15, -0.1) is 0 Å². The van der Waals surface area contributed by atoms with E-state index in [0.29, 0.717) is 48.9 Å². The molecule has 41 heavy (non-hydrogen) atoms. The number of allylic oxidation sites excluding steroid dienone is 1. The van der Waals surface area contributed by atoms with Gasteiger partial charge < -0.3 is 14.8 Å². The first kappa shape index (κ1) is 27.2. The van der Waals surface area contributed by atoms with E-state index in [2.05, 4.69) is 55.4 Å². The summed E-state index contributed by atoms with van der Waals surface area (Å²) in [5.74, 6) is 0. The maximum Gasteiger partial charge on any atom is 0.321 e. The number of nitriles is 1. The molecule has 4 aromatic rings. The number of anilines is 1. The topological polar surface area (TPSA) is 90.1 Å². The van der Waals surface area contributed by atoms with Crippen molar-refractivity contribution in [2.24, 2.45) is 7.05 Å². The third kappa shape index (κ3) is 5.64. The molecular weight excluding hydrogens is 602 g/mol. The maximum absolute atomic E-state index is 13.0. The molecular formula is C31H27BrClN7O. The fourth-order valence-corrected chi connectivity index (χ4v) is 6.07. The van der Waals surface area contributed by atoms with Gasteiger partial charge in [-0.25, -0.2) is 9.78 Å². The summed E-state index contributed by atoms with van der Waals surface area (Å²) in [6.45, 7) is 2.51. The van der Waals surface area contributed by atoms with E-state index in [-0.39, 0.29) is 12.1 Å². The fourth-order valence-electron chi connectivity index (χ4n) is 5.55. The first-order valence-corrected chi connectivity index (χ1v) is 14.5. The van der Waals surface area contributed by atoms with Crippen LogP contribution in [0.5, 0.6) is 0 Å². The minimum Gasteiger partial charge on any atom is -0.337 e. The number of imidazole rings is 1. The molecule has 0 saturated carbocycles. The molecule has 1 aliphatic heterocycles. The van der Waals surface area contributed by atoms with E-state index in [0.717, 1.165) is 38.1 Å². The number of pyridine rings is 1. The summed E-state index contributed by atoms with van der Waals surface area (Å²) < 4.78 is 2.95. The molecule has 6 rings (SSSR count). The number of halogens is 2. The number of piperazine rings is 1.